The smallest absolute Gasteiger partial charge is 0.363 e. The third-order valence-corrected chi connectivity index (χ3v) is 0.807. The van der Waals surface area contributed by atoms with Crippen molar-refractivity contribution in [3.05, 3.63) is 0 Å². The van der Waals surface area contributed by atoms with E-state index in [-0.39, 0.29) is 0 Å². The van der Waals surface area contributed by atoms with Crippen LogP contribution in [0.3, 0.4) is 0 Å². The van der Waals surface area contributed by atoms with Gasteiger partial charge in [0.1, 0.15) is 0 Å². The van der Waals surface area contributed by atoms with Gasteiger partial charge in [0.25, 0.3) is 0 Å². The van der Waals surface area contributed by atoms with Crippen LogP contribution < -0.4 is 5.73 Å². The Morgan fingerprint density at radius 2 is 1.80 bits per heavy atom. The van der Waals surface area contributed by atoms with E-state index in [9.17, 15) is 14.2 Å². The number of carbonyl (C=O) groups excluding carboxylic acids is 2. The summed E-state index contributed by atoms with van der Waals surface area (Å²) < 4.78 is 13.0. The summed E-state index contributed by atoms with van der Waals surface area (Å²) in [6, 6.07) is 0. The first-order valence-electron chi connectivity index (χ1n) is 1.92. The molecule has 0 rings (SSSR count). The maximum Gasteiger partial charge on any atom is 0.527 e. The highest BCUT2D eigenvalue weighted by molar-refractivity contribution is 7.47. The van der Waals surface area contributed by atoms with Gasteiger partial charge in [-0.1, -0.05) is 0 Å². The van der Waals surface area contributed by atoms with Crippen LogP contribution in [0.2, 0.25) is 0 Å². The predicted octanol–water partition coefficient (Wildman–Crippen LogP) is -1.89. The second kappa shape index (κ2) is 2.78. The summed E-state index contributed by atoms with van der Waals surface area (Å²) in [5.41, 5.74) is 4.29. The van der Waals surface area contributed by atoms with Crippen molar-refractivity contribution >= 4 is 19.7 Å². The number of amides is 1. The molecule has 0 aromatic carbocycles. The van der Waals surface area contributed by atoms with Crippen LogP contribution in [-0.2, 0) is 18.7 Å². The molecule has 0 saturated heterocycles. The predicted molar refractivity (Wildman–Crippen MR) is 27.3 cm³/mol. The lowest BCUT2D eigenvalue weighted by atomic mass is 10.7. The van der Waals surface area contributed by atoms with E-state index in [0.717, 1.165) is 0 Å². The fourth-order valence-electron chi connectivity index (χ4n) is 0.153. The summed E-state index contributed by atoms with van der Waals surface area (Å²) in [6.07, 6.45) is 0. The first-order chi connectivity index (χ1) is 4.33. The van der Waals surface area contributed by atoms with E-state index >= 15 is 0 Å². The number of hydrogen-bond donors (Lipinski definition) is 3. The summed E-state index contributed by atoms with van der Waals surface area (Å²) >= 11 is 0. The molecule has 4 N–H and O–H groups in total. The van der Waals surface area contributed by atoms with Gasteiger partial charge in [-0.25, -0.2) is 9.36 Å². The third kappa shape index (κ3) is 4.02. The number of phosphoric ester groups is 1. The van der Waals surface area contributed by atoms with Gasteiger partial charge < -0.3 is 10.3 Å². The average Bonchev–Trinajstić information content (AvgIpc) is 1.60. The van der Waals surface area contributed by atoms with Gasteiger partial charge in [-0.3, -0.25) is 14.6 Å². The number of rotatable bonds is 1. The Morgan fingerprint density at radius 1 is 1.40 bits per heavy atom. The van der Waals surface area contributed by atoms with E-state index in [4.69, 9.17) is 9.79 Å². The minimum atomic E-state index is -4.93. The lowest BCUT2D eigenvalue weighted by molar-refractivity contribution is -0.147. The lowest BCUT2D eigenvalue weighted by Gasteiger charge is -2.00. The van der Waals surface area contributed by atoms with Crippen molar-refractivity contribution in [1.29, 1.82) is 0 Å². The minimum absolute atomic E-state index is 1.55. The summed E-state index contributed by atoms with van der Waals surface area (Å²) in [5, 5.41) is 0. The Hall–Kier alpha value is -0.910. The Labute approximate surface area is 55.0 Å². The van der Waals surface area contributed by atoms with Crippen LogP contribution in [0.1, 0.15) is 0 Å². The molecule has 8 heteroatoms. The van der Waals surface area contributed by atoms with Crippen LogP contribution in [0.15, 0.2) is 0 Å². The maximum absolute atomic E-state index is 9.97. The molecule has 0 bridgehead atoms. The molecule has 0 aliphatic carbocycles. The zero-order valence-corrected chi connectivity index (χ0v) is 5.45. The first kappa shape index (κ1) is 9.09. The summed E-state index contributed by atoms with van der Waals surface area (Å²) in [5.74, 6) is -3.31. The molecule has 0 saturated carbocycles. The molecule has 0 heterocycles. The van der Waals surface area contributed by atoms with Gasteiger partial charge in [0.2, 0.25) is 0 Å². The molecule has 0 aromatic heterocycles. The Bertz CT molecular complexity index is 204. The largest absolute Gasteiger partial charge is 0.527 e. The molecule has 0 fully saturated rings. The zero-order valence-electron chi connectivity index (χ0n) is 4.55. The van der Waals surface area contributed by atoms with Crippen LogP contribution >= 0.6 is 7.82 Å². The Morgan fingerprint density at radius 3 is 1.90 bits per heavy atom. The second-order valence-electron chi connectivity index (χ2n) is 1.23. The molecule has 0 unspecified atom stereocenters. The van der Waals surface area contributed by atoms with Gasteiger partial charge >= 0.3 is 19.7 Å². The Kier molecular flexibility index (Phi) is 2.53. The molecule has 0 radical (unpaired) electrons. The number of primary amides is 1. The van der Waals surface area contributed by atoms with Crippen molar-refractivity contribution in [1.82, 2.24) is 0 Å². The molecule has 0 aliphatic heterocycles. The van der Waals surface area contributed by atoms with Gasteiger partial charge in [-0.2, -0.15) is 0 Å². The topological polar surface area (TPSA) is 127 Å². The highest BCUT2D eigenvalue weighted by atomic mass is 31.2. The highest BCUT2D eigenvalue weighted by Gasteiger charge is 2.23. The fourth-order valence-corrected chi connectivity index (χ4v) is 0.459. The molecular weight excluding hydrogens is 165 g/mol. The summed E-state index contributed by atoms with van der Waals surface area (Å²) in [4.78, 5) is 35.5. The quantitative estimate of drug-likeness (QED) is 0.311. The van der Waals surface area contributed by atoms with Crippen molar-refractivity contribution in [2.45, 2.75) is 0 Å². The highest BCUT2D eigenvalue weighted by Crippen LogP contribution is 2.35. The lowest BCUT2D eigenvalue weighted by Crippen LogP contribution is -2.24. The van der Waals surface area contributed by atoms with Gasteiger partial charge in [0.15, 0.2) is 0 Å². The SMILES string of the molecule is NC(=O)C(=O)OP(=O)(O)O. The third-order valence-electron chi connectivity index (χ3n) is 0.403. The number of hydrogen-bond acceptors (Lipinski definition) is 4. The molecule has 1 amide bonds. The van der Waals surface area contributed by atoms with E-state index < -0.39 is 19.7 Å². The number of phosphoric acid groups is 1. The van der Waals surface area contributed by atoms with Crippen LogP contribution in [0.5, 0.6) is 0 Å². The molecule has 0 aromatic rings. The molecule has 10 heavy (non-hydrogen) atoms. The van der Waals surface area contributed by atoms with Gasteiger partial charge in [-0.05, 0) is 0 Å². The normalized spacial score (nSPS) is 10.6. The average molecular weight is 169 g/mol. The Balaban J connectivity index is 4.07. The summed E-state index contributed by atoms with van der Waals surface area (Å²) in [7, 11) is -4.93. The molecular formula is C2H4NO6P. The van der Waals surface area contributed by atoms with Crippen molar-refractivity contribution in [3.63, 3.8) is 0 Å². The molecule has 0 aliphatic rings. The standard InChI is InChI=1S/C2H4NO6P/c3-1(4)2(5)9-10(6,7)8/h(H2,3,4)(H2,6,7,8). The van der Waals surface area contributed by atoms with E-state index in [1.54, 1.807) is 0 Å². The van der Waals surface area contributed by atoms with Crippen molar-refractivity contribution in [3.8, 4) is 0 Å². The monoisotopic (exact) mass is 169 g/mol. The van der Waals surface area contributed by atoms with Gasteiger partial charge in [-0.15, -0.1) is 0 Å². The molecule has 0 spiro atoms. The van der Waals surface area contributed by atoms with Crippen molar-refractivity contribution in [2.24, 2.45) is 5.73 Å². The van der Waals surface area contributed by atoms with E-state index in [1.807, 2.05) is 0 Å². The van der Waals surface area contributed by atoms with Crippen LogP contribution in [0, 0.1) is 0 Å². The number of nitrogens with two attached hydrogens (primary N) is 1. The van der Waals surface area contributed by atoms with E-state index in [2.05, 4.69) is 10.3 Å². The number of carbonyl (C=O) groups is 2. The first-order valence-corrected chi connectivity index (χ1v) is 3.45. The van der Waals surface area contributed by atoms with Crippen LogP contribution in [0.25, 0.3) is 0 Å². The van der Waals surface area contributed by atoms with E-state index in [0.29, 0.717) is 0 Å². The molecule has 0 atom stereocenters. The van der Waals surface area contributed by atoms with Gasteiger partial charge in [0, 0.05) is 0 Å². The zero-order chi connectivity index (χ0) is 8.36. The second-order valence-corrected chi connectivity index (χ2v) is 2.40. The minimum Gasteiger partial charge on any atom is -0.363 e. The van der Waals surface area contributed by atoms with E-state index in [1.165, 1.54) is 0 Å². The van der Waals surface area contributed by atoms with Gasteiger partial charge in [0.05, 0.1) is 0 Å². The molecule has 58 valence electrons. The van der Waals surface area contributed by atoms with Crippen LogP contribution in [-0.4, -0.2) is 21.7 Å². The van der Waals surface area contributed by atoms with Crippen molar-refractivity contribution in [2.75, 3.05) is 0 Å². The summed E-state index contributed by atoms with van der Waals surface area (Å²) in [6.45, 7) is 0. The fraction of sp³-hybridized carbons (Fsp3) is 0. The van der Waals surface area contributed by atoms with Crippen molar-refractivity contribution < 1.29 is 28.5 Å². The van der Waals surface area contributed by atoms with Crippen LogP contribution in [0.4, 0.5) is 0 Å². The maximum atomic E-state index is 9.97. The molecule has 7 nitrogen and oxygen atoms in total.